The van der Waals surface area contributed by atoms with E-state index in [2.05, 4.69) is 20.4 Å². The first-order valence-electron chi connectivity index (χ1n) is 10.9. The molecule has 5 nitrogen and oxygen atoms in total. The van der Waals surface area contributed by atoms with Crippen molar-refractivity contribution in [3.8, 4) is 5.75 Å². The molecule has 0 bridgehead atoms. The molecule has 36 heavy (non-hydrogen) atoms. The van der Waals surface area contributed by atoms with E-state index in [1.165, 1.54) is 25.2 Å². The molecule has 0 saturated carbocycles. The van der Waals surface area contributed by atoms with Crippen molar-refractivity contribution in [1.29, 1.82) is 0 Å². The molecule has 0 radical (unpaired) electrons. The van der Waals surface area contributed by atoms with E-state index in [0.717, 1.165) is 18.3 Å². The lowest BCUT2D eigenvalue weighted by Gasteiger charge is -2.26. The van der Waals surface area contributed by atoms with Crippen LogP contribution in [0.3, 0.4) is 0 Å². The molecule has 0 saturated heterocycles. The highest BCUT2D eigenvalue weighted by Gasteiger charge is 2.33. The molecule has 0 unspecified atom stereocenters. The molecule has 0 spiro atoms. The summed E-state index contributed by atoms with van der Waals surface area (Å²) in [6.45, 7) is 0. The summed E-state index contributed by atoms with van der Waals surface area (Å²) in [5.41, 5.74) is 0.498. The number of aryl methyl sites for hydroxylation is 1. The van der Waals surface area contributed by atoms with Crippen molar-refractivity contribution in [2.24, 2.45) is 0 Å². The summed E-state index contributed by atoms with van der Waals surface area (Å²) in [4.78, 5) is 16.1. The standard InChI is InChI=1S/C25H23F6N3O2/c1-32-23(35)22(17-6-3-2-4-7-17)34-20(18-8-5-9-19(14-18)36-25(29,30)31)12-10-16-11-13-21(33-15-16)24(26,27)28/h2-9,11,13-15,20,22,34H,10,12H2,1H3,(H,32,35)/t20-,22+/m1/s1. The number of ether oxygens (including phenoxy) is 1. The molecular weight excluding hydrogens is 488 g/mol. The van der Waals surface area contributed by atoms with Gasteiger partial charge in [-0.25, -0.2) is 0 Å². The minimum Gasteiger partial charge on any atom is -0.406 e. The quantitative estimate of drug-likeness (QED) is 0.359. The molecule has 0 aliphatic heterocycles. The fourth-order valence-corrected chi connectivity index (χ4v) is 3.64. The van der Waals surface area contributed by atoms with E-state index in [9.17, 15) is 31.1 Å². The zero-order valence-electron chi connectivity index (χ0n) is 19.0. The van der Waals surface area contributed by atoms with Crippen molar-refractivity contribution in [2.45, 2.75) is 37.5 Å². The van der Waals surface area contributed by atoms with Gasteiger partial charge in [0.25, 0.3) is 0 Å². The van der Waals surface area contributed by atoms with Crippen LogP contribution in [0, 0.1) is 0 Å². The third-order valence-electron chi connectivity index (χ3n) is 5.34. The van der Waals surface area contributed by atoms with E-state index in [-0.39, 0.29) is 18.7 Å². The van der Waals surface area contributed by atoms with Crippen molar-refractivity contribution in [3.63, 3.8) is 0 Å². The predicted molar refractivity (Wildman–Crippen MR) is 120 cm³/mol. The average molecular weight is 511 g/mol. The maximum absolute atomic E-state index is 12.8. The van der Waals surface area contributed by atoms with E-state index in [1.807, 2.05) is 0 Å². The fourth-order valence-electron chi connectivity index (χ4n) is 3.64. The molecule has 192 valence electrons. The number of nitrogens with one attached hydrogen (secondary N) is 2. The van der Waals surface area contributed by atoms with Crippen molar-refractivity contribution in [2.75, 3.05) is 7.05 Å². The summed E-state index contributed by atoms with van der Waals surface area (Å²) in [7, 11) is 1.46. The molecule has 0 fully saturated rings. The van der Waals surface area contributed by atoms with E-state index in [0.29, 0.717) is 16.7 Å². The molecule has 11 heteroatoms. The number of carbonyl (C=O) groups is 1. The number of nitrogens with zero attached hydrogens (tertiary/aromatic N) is 1. The second-order valence-corrected chi connectivity index (χ2v) is 7.89. The highest BCUT2D eigenvalue weighted by molar-refractivity contribution is 5.83. The monoisotopic (exact) mass is 511 g/mol. The Kier molecular flexibility index (Phi) is 8.57. The van der Waals surface area contributed by atoms with Gasteiger partial charge in [0.2, 0.25) is 5.91 Å². The highest BCUT2D eigenvalue weighted by Crippen LogP contribution is 2.30. The predicted octanol–water partition coefficient (Wildman–Crippen LogP) is 5.75. The Labute approximate surface area is 203 Å². The molecule has 1 aromatic heterocycles. The van der Waals surface area contributed by atoms with Gasteiger partial charge >= 0.3 is 12.5 Å². The Morgan fingerprint density at radius 3 is 2.22 bits per heavy atom. The van der Waals surface area contributed by atoms with Gasteiger partial charge in [-0.2, -0.15) is 13.2 Å². The fraction of sp³-hybridized carbons (Fsp3) is 0.280. The number of halogens is 6. The van der Waals surface area contributed by atoms with Crippen LogP contribution in [0.2, 0.25) is 0 Å². The van der Waals surface area contributed by atoms with Crippen LogP contribution in [-0.4, -0.2) is 24.3 Å². The maximum Gasteiger partial charge on any atom is 0.573 e. The van der Waals surface area contributed by atoms with Crippen LogP contribution in [0.25, 0.3) is 0 Å². The lowest BCUT2D eigenvalue weighted by Crippen LogP contribution is -2.38. The Hall–Kier alpha value is -3.60. The average Bonchev–Trinajstić information content (AvgIpc) is 2.83. The summed E-state index contributed by atoms with van der Waals surface area (Å²) in [6.07, 6.45) is -7.87. The van der Waals surface area contributed by atoms with Gasteiger partial charge in [0.1, 0.15) is 17.5 Å². The topological polar surface area (TPSA) is 63.2 Å². The summed E-state index contributed by atoms with van der Waals surface area (Å²) in [5, 5.41) is 5.75. The van der Waals surface area contributed by atoms with Crippen LogP contribution in [0.5, 0.6) is 5.75 Å². The highest BCUT2D eigenvalue weighted by atomic mass is 19.4. The molecule has 2 atom stereocenters. The van der Waals surface area contributed by atoms with Gasteiger partial charge in [0.05, 0.1) is 0 Å². The molecule has 1 heterocycles. The van der Waals surface area contributed by atoms with E-state index in [4.69, 9.17) is 0 Å². The number of hydrogen-bond donors (Lipinski definition) is 2. The van der Waals surface area contributed by atoms with Gasteiger partial charge in [0, 0.05) is 19.3 Å². The lowest BCUT2D eigenvalue weighted by molar-refractivity contribution is -0.274. The van der Waals surface area contributed by atoms with Crippen molar-refractivity contribution in [1.82, 2.24) is 15.6 Å². The van der Waals surface area contributed by atoms with Gasteiger partial charge in [-0.3, -0.25) is 15.1 Å². The first-order chi connectivity index (χ1) is 17.0. The van der Waals surface area contributed by atoms with Gasteiger partial charge in [-0.05, 0) is 47.7 Å². The number of aromatic nitrogens is 1. The number of carbonyl (C=O) groups excluding carboxylic acids is 1. The molecule has 0 aliphatic carbocycles. The number of benzene rings is 2. The lowest BCUT2D eigenvalue weighted by atomic mass is 9.96. The van der Waals surface area contributed by atoms with Gasteiger partial charge in [0.15, 0.2) is 0 Å². The van der Waals surface area contributed by atoms with Crippen LogP contribution in [0.15, 0.2) is 72.9 Å². The number of amides is 1. The van der Waals surface area contributed by atoms with Gasteiger partial charge in [-0.15, -0.1) is 13.2 Å². The second kappa shape index (κ2) is 11.4. The molecule has 0 aliphatic rings. The molecule has 3 rings (SSSR count). The smallest absolute Gasteiger partial charge is 0.406 e. The minimum absolute atomic E-state index is 0.239. The first-order valence-corrected chi connectivity index (χ1v) is 10.9. The summed E-state index contributed by atoms with van der Waals surface area (Å²) < 4.78 is 80.8. The van der Waals surface area contributed by atoms with Crippen molar-refractivity contribution < 1.29 is 35.9 Å². The largest absolute Gasteiger partial charge is 0.573 e. The number of pyridine rings is 1. The third kappa shape index (κ3) is 7.70. The van der Waals surface area contributed by atoms with E-state index in [1.54, 1.807) is 36.4 Å². The van der Waals surface area contributed by atoms with Gasteiger partial charge < -0.3 is 10.1 Å². The van der Waals surface area contributed by atoms with Crippen LogP contribution in [0.4, 0.5) is 26.3 Å². The Bertz CT molecular complexity index is 1140. The molecule has 1 amide bonds. The number of likely N-dealkylation sites (N-methyl/N-ethyl adjacent to an activating group) is 1. The normalized spacial score (nSPS) is 13.6. The summed E-state index contributed by atoms with van der Waals surface area (Å²) in [5.74, 6) is -0.802. The van der Waals surface area contributed by atoms with Gasteiger partial charge in [-0.1, -0.05) is 48.5 Å². The molecule has 2 N–H and O–H groups in total. The van der Waals surface area contributed by atoms with Crippen LogP contribution in [0.1, 0.15) is 40.9 Å². The van der Waals surface area contributed by atoms with Crippen LogP contribution < -0.4 is 15.4 Å². The third-order valence-corrected chi connectivity index (χ3v) is 5.34. The zero-order valence-corrected chi connectivity index (χ0v) is 19.0. The number of alkyl halides is 6. The molecule has 2 aromatic carbocycles. The van der Waals surface area contributed by atoms with Crippen molar-refractivity contribution in [3.05, 3.63) is 95.3 Å². The Morgan fingerprint density at radius 1 is 0.944 bits per heavy atom. The maximum atomic E-state index is 12.8. The second-order valence-electron chi connectivity index (χ2n) is 7.89. The van der Waals surface area contributed by atoms with Crippen LogP contribution >= 0.6 is 0 Å². The summed E-state index contributed by atoms with van der Waals surface area (Å²) >= 11 is 0. The SMILES string of the molecule is CNC(=O)[C@@H](N[C@H](CCc1ccc(C(F)(F)F)nc1)c1cccc(OC(F)(F)F)c1)c1ccccc1. The van der Waals surface area contributed by atoms with Crippen LogP contribution in [-0.2, 0) is 17.4 Å². The zero-order chi connectivity index (χ0) is 26.3. The summed E-state index contributed by atoms with van der Waals surface area (Å²) in [6, 6.07) is 14.7. The molecular formula is C25H23F6N3O2. The molecule has 3 aromatic rings. The number of rotatable bonds is 9. The van der Waals surface area contributed by atoms with E-state index >= 15 is 0 Å². The minimum atomic E-state index is -4.89. The Morgan fingerprint density at radius 2 is 1.64 bits per heavy atom. The first kappa shape index (κ1) is 27.0. The van der Waals surface area contributed by atoms with E-state index < -0.39 is 36.1 Å². The van der Waals surface area contributed by atoms with Crippen molar-refractivity contribution >= 4 is 5.91 Å². The number of hydrogen-bond acceptors (Lipinski definition) is 4. The Balaban J connectivity index is 1.90.